The van der Waals surface area contributed by atoms with Gasteiger partial charge < -0.3 is 9.47 Å². The van der Waals surface area contributed by atoms with Crippen LogP contribution < -0.4 is 9.47 Å². The molecule has 0 aliphatic carbocycles. The maximum absolute atomic E-state index is 6.00. The van der Waals surface area contributed by atoms with Gasteiger partial charge in [0.15, 0.2) is 0 Å². The van der Waals surface area contributed by atoms with Gasteiger partial charge in [0.1, 0.15) is 11.5 Å². The van der Waals surface area contributed by atoms with Gasteiger partial charge in [0.05, 0.1) is 14.2 Å². The molecule has 0 saturated heterocycles. The third-order valence-corrected chi connectivity index (χ3v) is 6.94. The Morgan fingerprint density at radius 1 is 0.400 bits per heavy atom. The minimum atomic E-state index is 0.748. The van der Waals surface area contributed by atoms with Crippen LogP contribution in [0.15, 0.2) is 121 Å². The van der Waals surface area contributed by atoms with Crippen molar-refractivity contribution in [1.82, 2.24) is 0 Å². The van der Waals surface area contributed by atoms with E-state index in [2.05, 4.69) is 60.1 Å². The molecule has 0 fully saturated rings. The fraction of sp³-hybridized carbons (Fsp3) is 0.0526. The number of hydrogen-bond donors (Lipinski definition) is 0. The van der Waals surface area contributed by atoms with E-state index in [-0.39, 0.29) is 0 Å². The van der Waals surface area contributed by atoms with Gasteiger partial charge in [-0.25, -0.2) is 0 Å². The molecule has 2 nitrogen and oxygen atoms in total. The van der Waals surface area contributed by atoms with Gasteiger partial charge in [0.2, 0.25) is 0 Å². The van der Waals surface area contributed by atoms with Crippen molar-refractivity contribution >= 4 is 21.5 Å². The van der Waals surface area contributed by atoms with E-state index in [1.807, 2.05) is 84.9 Å². The molecule has 2 heteroatoms. The molecule has 0 aromatic heterocycles. The molecule has 0 radical (unpaired) electrons. The maximum atomic E-state index is 6.00. The monoisotopic (exact) mass is 514 g/mol. The highest BCUT2D eigenvalue weighted by atomic mass is 16.5. The lowest BCUT2D eigenvalue weighted by atomic mass is 9.88. The van der Waals surface area contributed by atoms with Gasteiger partial charge in [-0.2, -0.15) is 0 Å². The molecule has 40 heavy (non-hydrogen) atoms. The summed E-state index contributed by atoms with van der Waals surface area (Å²) in [6.07, 6.45) is 0. The first-order valence-electron chi connectivity index (χ1n) is 13.1. The molecule has 0 saturated carbocycles. The highest BCUT2D eigenvalue weighted by Crippen LogP contribution is 2.47. The van der Waals surface area contributed by atoms with Gasteiger partial charge in [-0.15, -0.1) is 0 Å². The molecule has 0 amide bonds. The minimum Gasteiger partial charge on any atom is -0.496 e. The van der Waals surface area contributed by atoms with Crippen molar-refractivity contribution in [3.8, 4) is 46.3 Å². The highest BCUT2D eigenvalue weighted by Gasteiger charge is 2.21. The van der Waals surface area contributed by atoms with E-state index in [0.717, 1.165) is 66.4 Å². The molecule has 6 aromatic carbocycles. The first-order valence-corrected chi connectivity index (χ1v) is 13.1. The molecule has 0 bridgehead atoms. The van der Waals surface area contributed by atoms with E-state index in [1.165, 1.54) is 0 Å². The first-order chi connectivity index (χ1) is 19.8. The number of ether oxygens (including phenoxy) is 2. The number of methoxy groups -OCH3 is 2. The molecule has 0 aliphatic heterocycles. The summed E-state index contributed by atoms with van der Waals surface area (Å²) in [5.74, 6) is 15.1. The Morgan fingerprint density at radius 2 is 0.825 bits per heavy atom. The molecule has 0 N–H and O–H groups in total. The zero-order valence-corrected chi connectivity index (χ0v) is 22.4. The SMILES string of the molecule is COc1ccc2cccc(C#Cc3ccccc3)c2c1-c1c(OC)ccc2cccc(C#Cc3ccccc3)c12. The molecule has 190 valence electrons. The van der Waals surface area contributed by atoms with E-state index in [0.29, 0.717) is 0 Å². The predicted octanol–water partition coefficient (Wildman–Crippen LogP) is 8.48. The Bertz CT molecular complexity index is 1820. The van der Waals surface area contributed by atoms with Crippen molar-refractivity contribution in [2.24, 2.45) is 0 Å². The van der Waals surface area contributed by atoms with Gasteiger partial charge in [-0.3, -0.25) is 0 Å². The Morgan fingerprint density at radius 3 is 1.23 bits per heavy atom. The lowest BCUT2D eigenvalue weighted by Gasteiger charge is -2.19. The second kappa shape index (κ2) is 11.1. The third kappa shape index (κ3) is 4.76. The quantitative estimate of drug-likeness (QED) is 0.221. The van der Waals surface area contributed by atoms with E-state index in [4.69, 9.17) is 9.47 Å². The second-order valence-electron chi connectivity index (χ2n) is 9.33. The topological polar surface area (TPSA) is 18.5 Å². The van der Waals surface area contributed by atoms with E-state index < -0.39 is 0 Å². The second-order valence-corrected chi connectivity index (χ2v) is 9.33. The average molecular weight is 515 g/mol. The molecular formula is C38H26O2. The highest BCUT2D eigenvalue weighted by molar-refractivity contribution is 6.13. The van der Waals surface area contributed by atoms with Crippen LogP contribution in [0.2, 0.25) is 0 Å². The fourth-order valence-electron chi connectivity index (χ4n) is 5.09. The number of fused-ring (bicyclic) bond motifs is 2. The maximum Gasteiger partial charge on any atom is 0.127 e. The summed E-state index contributed by atoms with van der Waals surface area (Å²) in [5, 5.41) is 4.17. The van der Waals surface area contributed by atoms with Crippen molar-refractivity contribution in [2.45, 2.75) is 0 Å². The Balaban J connectivity index is 1.70. The normalized spacial score (nSPS) is 10.3. The van der Waals surface area contributed by atoms with Crippen LogP contribution in [-0.2, 0) is 0 Å². The number of hydrogen-bond acceptors (Lipinski definition) is 2. The molecule has 0 heterocycles. The molecule has 6 rings (SSSR count). The van der Waals surface area contributed by atoms with E-state index >= 15 is 0 Å². The summed E-state index contributed by atoms with van der Waals surface area (Å²) < 4.78 is 12.0. The van der Waals surface area contributed by atoms with Gasteiger partial charge >= 0.3 is 0 Å². The zero-order chi connectivity index (χ0) is 27.3. The standard InChI is InChI=1S/C38H26O2/c1-39-33-25-23-31-17-9-15-29(21-19-27-11-5-3-6-12-27)35(31)37(33)38-34(40-2)26-24-32-18-10-16-30(36(32)38)22-20-28-13-7-4-8-14-28/h3-18,23-26H,1-2H3. The summed E-state index contributed by atoms with van der Waals surface area (Å²) in [6.45, 7) is 0. The van der Waals surface area contributed by atoms with Gasteiger partial charge in [0, 0.05) is 44.2 Å². The van der Waals surface area contributed by atoms with E-state index in [1.54, 1.807) is 14.2 Å². The van der Waals surface area contributed by atoms with Crippen molar-refractivity contribution in [3.63, 3.8) is 0 Å². The predicted molar refractivity (Wildman–Crippen MR) is 165 cm³/mol. The van der Waals surface area contributed by atoms with Crippen molar-refractivity contribution in [1.29, 1.82) is 0 Å². The summed E-state index contributed by atoms with van der Waals surface area (Å²) in [7, 11) is 3.41. The smallest absolute Gasteiger partial charge is 0.127 e. The molecule has 0 spiro atoms. The lowest BCUT2D eigenvalue weighted by molar-refractivity contribution is 0.411. The summed E-state index contributed by atoms with van der Waals surface area (Å²) in [5.41, 5.74) is 5.64. The van der Waals surface area contributed by atoms with Crippen LogP contribution in [0.4, 0.5) is 0 Å². The fourth-order valence-corrected chi connectivity index (χ4v) is 5.09. The molecule has 0 atom stereocenters. The Hall–Kier alpha value is -5.44. The van der Waals surface area contributed by atoms with Crippen LogP contribution in [-0.4, -0.2) is 14.2 Å². The molecule has 0 aliphatic rings. The van der Waals surface area contributed by atoms with Crippen LogP contribution in [0.3, 0.4) is 0 Å². The van der Waals surface area contributed by atoms with Crippen molar-refractivity contribution in [2.75, 3.05) is 14.2 Å². The third-order valence-electron chi connectivity index (χ3n) is 6.94. The Kier molecular flexibility index (Phi) is 6.92. The largest absolute Gasteiger partial charge is 0.496 e. The summed E-state index contributed by atoms with van der Waals surface area (Å²) in [6, 6.07) is 40.7. The first kappa shape index (κ1) is 24.9. The van der Waals surface area contributed by atoms with Crippen LogP contribution in [0.25, 0.3) is 32.7 Å². The average Bonchev–Trinajstić information content (AvgIpc) is 3.02. The van der Waals surface area contributed by atoms with Crippen molar-refractivity contribution in [3.05, 3.63) is 144 Å². The van der Waals surface area contributed by atoms with Crippen molar-refractivity contribution < 1.29 is 9.47 Å². The number of benzene rings is 6. The Labute approximate surface area is 234 Å². The minimum absolute atomic E-state index is 0.748. The molecule has 6 aromatic rings. The zero-order valence-electron chi connectivity index (χ0n) is 22.4. The van der Waals surface area contributed by atoms with Gasteiger partial charge in [0.25, 0.3) is 0 Å². The lowest BCUT2D eigenvalue weighted by Crippen LogP contribution is -1.97. The molecular weight excluding hydrogens is 488 g/mol. The molecule has 0 unspecified atom stereocenters. The van der Waals surface area contributed by atoms with Crippen LogP contribution in [0.1, 0.15) is 22.3 Å². The van der Waals surface area contributed by atoms with Crippen LogP contribution in [0.5, 0.6) is 11.5 Å². The van der Waals surface area contributed by atoms with Crippen LogP contribution in [0, 0.1) is 23.7 Å². The summed E-state index contributed by atoms with van der Waals surface area (Å²) in [4.78, 5) is 0. The van der Waals surface area contributed by atoms with Gasteiger partial charge in [-0.1, -0.05) is 96.5 Å². The van der Waals surface area contributed by atoms with Crippen LogP contribution >= 0.6 is 0 Å². The van der Waals surface area contributed by atoms with Gasteiger partial charge in [-0.05, 0) is 59.3 Å². The number of rotatable bonds is 3. The van der Waals surface area contributed by atoms with E-state index in [9.17, 15) is 0 Å². The summed E-state index contributed by atoms with van der Waals surface area (Å²) >= 11 is 0.